The van der Waals surface area contributed by atoms with Crippen molar-refractivity contribution in [1.29, 1.82) is 0 Å². The van der Waals surface area contributed by atoms with Gasteiger partial charge in [0, 0.05) is 10.8 Å². The number of rotatable bonds is 4. The van der Waals surface area contributed by atoms with Crippen molar-refractivity contribution in [3.8, 4) is 11.5 Å². The molecule has 2 N–H and O–H groups in total. The van der Waals surface area contributed by atoms with E-state index < -0.39 is 5.97 Å². The van der Waals surface area contributed by atoms with E-state index >= 15 is 0 Å². The molecule has 3 aromatic carbocycles. The van der Waals surface area contributed by atoms with E-state index in [9.17, 15) is 15.0 Å². The normalized spacial score (nSPS) is 10.5. The zero-order chi connectivity index (χ0) is 15.5. The first-order valence-corrected chi connectivity index (χ1v) is 6.81. The molecular formula is C18H14O4. The van der Waals surface area contributed by atoms with Gasteiger partial charge in [-0.1, -0.05) is 54.6 Å². The lowest BCUT2D eigenvalue weighted by Gasteiger charge is -2.12. The van der Waals surface area contributed by atoms with Crippen LogP contribution in [0.4, 0.5) is 0 Å². The molecular weight excluding hydrogens is 280 g/mol. The predicted octanol–water partition coefficient (Wildman–Crippen LogP) is 3.82. The summed E-state index contributed by atoms with van der Waals surface area (Å²) in [6, 6.07) is 18.0. The third-order valence-electron chi connectivity index (χ3n) is 3.45. The second kappa shape index (κ2) is 5.77. The lowest BCUT2D eigenvalue weighted by atomic mass is 10.0. The smallest absolute Gasteiger partial charge is 0.339 e. The van der Waals surface area contributed by atoms with E-state index in [4.69, 9.17) is 4.74 Å². The first-order chi connectivity index (χ1) is 10.7. The first-order valence-electron chi connectivity index (χ1n) is 6.81. The highest BCUT2D eigenvalue weighted by Crippen LogP contribution is 2.36. The molecule has 3 rings (SSSR count). The van der Waals surface area contributed by atoms with Gasteiger partial charge in [0.15, 0.2) is 0 Å². The van der Waals surface area contributed by atoms with Crippen molar-refractivity contribution in [3.05, 3.63) is 71.8 Å². The van der Waals surface area contributed by atoms with E-state index in [1.807, 2.05) is 36.4 Å². The minimum atomic E-state index is -1.19. The third-order valence-corrected chi connectivity index (χ3v) is 3.45. The molecule has 0 aliphatic rings. The van der Waals surface area contributed by atoms with E-state index in [0.717, 1.165) is 5.56 Å². The fourth-order valence-corrected chi connectivity index (χ4v) is 2.34. The van der Waals surface area contributed by atoms with Gasteiger partial charge in [0.25, 0.3) is 0 Å². The molecule has 0 heterocycles. The van der Waals surface area contributed by atoms with Crippen molar-refractivity contribution in [2.24, 2.45) is 0 Å². The Balaban J connectivity index is 2.04. The molecule has 0 aliphatic heterocycles. The summed E-state index contributed by atoms with van der Waals surface area (Å²) in [6.45, 7) is 0.328. The molecule has 0 spiro atoms. The number of carboxylic acid groups (broad SMARTS) is 1. The maximum absolute atomic E-state index is 11.3. The Morgan fingerprint density at radius 3 is 2.27 bits per heavy atom. The number of aromatic carboxylic acids is 1. The molecule has 0 bridgehead atoms. The Morgan fingerprint density at radius 2 is 1.59 bits per heavy atom. The molecule has 0 fully saturated rings. The van der Waals surface area contributed by atoms with Gasteiger partial charge in [0.1, 0.15) is 23.7 Å². The molecule has 3 aromatic rings. The second-order valence-corrected chi connectivity index (χ2v) is 4.90. The molecule has 110 valence electrons. The highest BCUT2D eigenvalue weighted by atomic mass is 16.5. The molecule has 0 saturated heterocycles. The van der Waals surface area contributed by atoms with Crippen molar-refractivity contribution in [1.82, 2.24) is 0 Å². The van der Waals surface area contributed by atoms with Crippen molar-refractivity contribution in [2.75, 3.05) is 0 Å². The van der Waals surface area contributed by atoms with E-state index in [0.29, 0.717) is 23.1 Å². The van der Waals surface area contributed by atoms with Crippen LogP contribution in [0.1, 0.15) is 15.9 Å². The van der Waals surface area contributed by atoms with Crippen LogP contribution in [0.25, 0.3) is 10.8 Å². The van der Waals surface area contributed by atoms with Crippen LogP contribution in [0.2, 0.25) is 0 Å². The van der Waals surface area contributed by atoms with Gasteiger partial charge in [-0.05, 0) is 11.6 Å². The van der Waals surface area contributed by atoms with E-state index in [1.54, 1.807) is 18.2 Å². The maximum atomic E-state index is 11.3. The van der Waals surface area contributed by atoms with Crippen LogP contribution >= 0.6 is 0 Å². The van der Waals surface area contributed by atoms with E-state index in [1.165, 1.54) is 6.07 Å². The standard InChI is InChI=1S/C18H14O4/c19-17-14-9-5-4-8-13(14)16(10-15(17)18(20)21)22-11-12-6-2-1-3-7-12/h1-10,19H,11H2,(H,20,21). The topological polar surface area (TPSA) is 66.8 Å². The van der Waals surface area contributed by atoms with Gasteiger partial charge in [-0.15, -0.1) is 0 Å². The summed E-state index contributed by atoms with van der Waals surface area (Å²) in [7, 11) is 0. The van der Waals surface area contributed by atoms with Crippen LogP contribution < -0.4 is 4.74 Å². The Morgan fingerprint density at radius 1 is 0.955 bits per heavy atom. The van der Waals surface area contributed by atoms with Crippen molar-refractivity contribution < 1.29 is 19.7 Å². The van der Waals surface area contributed by atoms with Gasteiger partial charge < -0.3 is 14.9 Å². The molecule has 22 heavy (non-hydrogen) atoms. The number of aromatic hydroxyl groups is 1. The molecule has 0 saturated carbocycles. The Bertz CT molecular complexity index is 825. The third kappa shape index (κ3) is 2.59. The van der Waals surface area contributed by atoms with Crippen molar-refractivity contribution in [3.63, 3.8) is 0 Å². The Hall–Kier alpha value is -3.01. The zero-order valence-corrected chi connectivity index (χ0v) is 11.7. The van der Waals surface area contributed by atoms with Crippen LogP contribution in [-0.4, -0.2) is 16.2 Å². The average molecular weight is 294 g/mol. The molecule has 0 aliphatic carbocycles. The summed E-state index contributed by atoms with van der Waals surface area (Å²) in [5, 5.41) is 20.5. The van der Waals surface area contributed by atoms with Gasteiger partial charge in [0.2, 0.25) is 0 Å². The molecule has 4 nitrogen and oxygen atoms in total. The summed E-state index contributed by atoms with van der Waals surface area (Å²) in [5.74, 6) is -0.988. The highest BCUT2D eigenvalue weighted by Gasteiger charge is 2.16. The SMILES string of the molecule is O=C(O)c1cc(OCc2ccccc2)c2ccccc2c1O. The summed E-state index contributed by atoms with van der Waals surface area (Å²) in [5.41, 5.74) is 0.818. The molecule has 0 aromatic heterocycles. The van der Waals surface area contributed by atoms with Gasteiger partial charge in [-0.25, -0.2) is 4.79 Å². The van der Waals surface area contributed by atoms with Gasteiger partial charge in [-0.3, -0.25) is 0 Å². The van der Waals surface area contributed by atoms with Crippen molar-refractivity contribution >= 4 is 16.7 Å². The van der Waals surface area contributed by atoms with Crippen LogP contribution in [0.5, 0.6) is 11.5 Å². The average Bonchev–Trinajstić information content (AvgIpc) is 2.55. The zero-order valence-electron chi connectivity index (χ0n) is 11.7. The van der Waals surface area contributed by atoms with E-state index in [-0.39, 0.29) is 11.3 Å². The number of benzene rings is 3. The largest absolute Gasteiger partial charge is 0.506 e. The number of carboxylic acids is 1. The Labute approximate surface area is 127 Å². The fourth-order valence-electron chi connectivity index (χ4n) is 2.34. The molecule has 0 amide bonds. The summed E-state index contributed by atoms with van der Waals surface area (Å²) >= 11 is 0. The minimum absolute atomic E-state index is 0.165. The predicted molar refractivity (Wildman–Crippen MR) is 83.3 cm³/mol. The van der Waals surface area contributed by atoms with Crippen molar-refractivity contribution in [2.45, 2.75) is 6.61 Å². The summed E-state index contributed by atoms with van der Waals surface area (Å²) in [6.07, 6.45) is 0. The van der Waals surface area contributed by atoms with Gasteiger partial charge in [0.05, 0.1) is 0 Å². The molecule has 0 unspecified atom stereocenters. The number of hydrogen-bond acceptors (Lipinski definition) is 3. The van der Waals surface area contributed by atoms with Crippen LogP contribution in [0.3, 0.4) is 0 Å². The highest BCUT2D eigenvalue weighted by molar-refractivity contribution is 6.03. The first kappa shape index (κ1) is 13.9. The number of carbonyl (C=O) groups is 1. The van der Waals surface area contributed by atoms with Crippen LogP contribution in [0.15, 0.2) is 60.7 Å². The lowest BCUT2D eigenvalue weighted by molar-refractivity contribution is 0.0693. The number of hydrogen-bond donors (Lipinski definition) is 2. The number of phenols is 1. The molecule has 0 radical (unpaired) electrons. The van der Waals surface area contributed by atoms with Crippen LogP contribution in [0, 0.1) is 0 Å². The summed E-state index contributed by atoms with van der Waals surface area (Å²) < 4.78 is 5.78. The Kier molecular flexibility index (Phi) is 3.66. The quantitative estimate of drug-likeness (QED) is 0.767. The lowest BCUT2D eigenvalue weighted by Crippen LogP contribution is -2.01. The number of ether oxygens (including phenoxy) is 1. The second-order valence-electron chi connectivity index (χ2n) is 4.90. The van der Waals surface area contributed by atoms with Gasteiger partial charge >= 0.3 is 5.97 Å². The summed E-state index contributed by atoms with van der Waals surface area (Å²) in [4.78, 5) is 11.3. The van der Waals surface area contributed by atoms with Crippen LogP contribution in [-0.2, 0) is 6.61 Å². The molecule has 4 heteroatoms. The minimum Gasteiger partial charge on any atom is -0.506 e. The van der Waals surface area contributed by atoms with E-state index in [2.05, 4.69) is 0 Å². The maximum Gasteiger partial charge on any atom is 0.339 e. The number of fused-ring (bicyclic) bond motifs is 1. The monoisotopic (exact) mass is 294 g/mol. The molecule has 0 atom stereocenters. The fraction of sp³-hybridized carbons (Fsp3) is 0.0556. The van der Waals surface area contributed by atoms with Gasteiger partial charge in [-0.2, -0.15) is 0 Å².